The topological polar surface area (TPSA) is 52.6 Å². The first-order valence-corrected chi connectivity index (χ1v) is 9.95. The normalized spacial score (nSPS) is 14.4. The molecule has 2 aromatic rings. The van der Waals surface area contributed by atoms with Crippen molar-refractivity contribution in [3.63, 3.8) is 0 Å². The van der Waals surface area contributed by atoms with Crippen LogP contribution in [0.25, 0.3) is 10.8 Å². The number of carbonyl (C=O) groups is 1. The molecule has 0 spiro atoms. The highest BCUT2D eigenvalue weighted by molar-refractivity contribution is 5.86. The Hall–Kier alpha value is -1.91. The van der Waals surface area contributed by atoms with E-state index in [9.17, 15) is 9.90 Å². The number of carbonyl (C=O) groups excluding carboxylic acids is 1. The fourth-order valence-electron chi connectivity index (χ4n) is 3.64. The van der Waals surface area contributed by atoms with Gasteiger partial charge in [-0.25, -0.2) is 0 Å². The van der Waals surface area contributed by atoms with Gasteiger partial charge in [-0.05, 0) is 49.9 Å². The third-order valence-electron chi connectivity index (χ3n) is 5.19. The van der Waals surface area contributed by atoms with Crippen LogP contribution < -0.4 is 5.32 Å². The Labute approximate surface area is 163 Å². The van der Waals surface area contributed by atoms with Crippen molar-refractivity contribution in [3.8, 4) is 0 Å². The van der Waals surface area contributed by atoms with Crippen molar-refractivity contribution in [3.05, 3.63) is 48.0 Å². The highest BCUT2D eigenvalue weighted by Crippen LogP contribution is 2.32. The van der Waals surface area contributed by atoms with Gasteiger partial charge in [0.2, 0.25) is 5.91 Å². The SMILES string of the molecule is CCN(CC)C(=O)[C@@H](N[C@H](c1cccc2ccccc12)C(C)(C)O)C(C)C. The van der Waals surface area contributed by atoms with Crippen LogP contribution in [0.1, 0.15) is 53.1 Å². The molecule has 0 fully saturated rings. The predicted molar refractivity (Wildman–Crippen MR) is 113 cm³/mol. The van der Waals surface area contributed by atoms with Gasteiger partial charge >= 0.3 is 0 Å². The van der Waals surface area contributed by atoms with Crippen LogP contribution in [-0.2, 0) is 4.79 Å². The van der Waals surface area contributed by atoms with Crippen molar-refractivity contribution < 1.29 is 9.90 Å². The van der Waals surface area contributed by atoms with Crippen molar-refractivity contribution in [2.75, 3.05) is 13.1 Å². The molecular weight excluding hydrogens is 336 g/mol. The molecule has 2 atom stereocenters. The number of hydrogen-bond donors (Lipinski definition) is 2. The van der Waals surface area contributed by atoms with E-state index < -0.39 is 5.60 Å². The molecule has 0 aliphatic rings. The number of fused-ring (bicyclic) bond motifs is 1. The van der Waals surface area contributed by atoms with Crippen molar-refractivity contribution in [1.29, 1.82) is 0 Å². The maximum Gasteiger partial charge on any atom is 0.239 e. The zero-order chi connectivity index (χ0) is 20.2. The second-order valence-corrected chi connectivity index (χ2v) is 8.05. The molecule has 27 heavy (non-hydrogen) atoms. The van der Waals surface area contributed by atoms with Gasteiger partial charge in [0, 0.05) is 13.1 Å². The number of nitrogens with zero attached hydrogens (tertiary/aromatic N) is 1. The number of benzene rings is 2. The molecule has 2 aromatic carbocycles. The van der Waals surface area contributed by atoms with E-state index in [2.05, 4.69) is 23.5 Å². The smallest absolute Gasteiger partial charge is 0.239 e. The Morgan fingerprint density at radius 1 is 1.07 bits per heavy atom. The molecule has 0 aromatic heterocycles. The zero-order valence-electron chi connectivity index (χ0n) is 17.5. The average Bonchev–Trinajstić information content (AvgIpc) is 2.61. The second kappa shape index (κ2) is 8.85. The van der Waals surface area contributed by atoms with E-state index in [0.29, 0.717) is 13.1 Å². The van der Waals surface area contributed by atoms with Gasteiger partial charge in [-0.2, -0.15) is 0 Å². The van der Waals surface area contributed by atoms with Gasteiger partial charge in [0.15, 0.2) is 0 Å². The standard InChI is InChI=1S/C23H34N2O2/c1-7-25(8-2)22(26)20(16(3)4)24-21(23(5,6)27)19-15-11-13-17-12-9-10-14-18(17)19/h9-16,20-21,24,27H,7-8H2,1-6H3/t20-,21+/m0/s1. The number of rotatable bonds is 8. The fraction of sp³-hybridized carbons (Fsp3) is 0.522. The van der Waals surface area contributed by atoms with Gasteiger partial charge in [0.25, 0.3) is 0 Å². The van der Waals surface area contributed by atoms with E-state index in [1.165, 1.54) is 0 Å². The van der Waals surface area contributed by atoms with Gasteiger partial charge in [0.05, 0.1) is 17.7 Å². The lowest BCUT2D eigenvalue weighted by Crippen LogP contribution is -2.53. The summed E-state index contributed by atoms with van der Waals surface area (Å²) in [6.07, 6.45) is 0. The summed E-state index contributed by atoms with van der Waals surface area (Å²) >= 11 is 0. The van der Waals surface area contributed by atoms with Crippen molar-refractivity contribution >= 4 is 16.7 Å². The first kappa shape index (κ1) is 21.4. The molecule has 0 aliphatic carbocycles. The summed E-state index contributed by atoms with van der Waals surface area (Å²) in [7, 11) is 0. The van der Waals surface area contributed by atoms with Crippen molar-refractivity contribution in [2.45, 2.75) is 59.2 Å². The number of likely N-dealkylation sites (N-methyl/N-ethyl adjacent to an activating group) is 1. The van der Waals surface area contributed by atoms with E-state index in [4.69, 9.17) is 0 Å². The highest BCUT2D eigenvalue weighted by atomic mass is 16.3. The summed E-state index contributed by atoms with van der Waals surface area (Å²) in [6.45, 7) is 13.0. The maximum absolute atomic E-state index is 13.1. The lowest BCUT2D eigenvalue weighted by molar-refractivity contribution is -0.135. The molecule has 2 N–H and O–H groups in total. The van der Waals surface area contributed by atoms with Crippen molar-refractivity contribution in [2.24, 2.45) is 5.92 Å². The van der Waals surface area contributed by atoms with E-state index in [1.54, 1.807) is 13.8 Å². The number of aliphatic hydroxyl groups is 1. The first-order valence-electron chi connectivity index (χ1n) is 9.95. The monoisotopic (exact) mass is 370 g/mol. The van der Waals surface area contributed by atoms with Gasteiger partial charge in [-0.1, -0.05) is 56.3 Å². The summed E-state index contributed by atoms with van der Waals surface area (Å²) < 4.78 is 0. The molecule has 4 nitrogen and oxygen atoms in total. The number of hydrogen-bond acceptors (Lipinski definition) is 3. The average molecular weight is 371 g/mol. The van der Waals surface area contributed by atoms with Crippen LogP contribution in [0.15, 0.2) is 42.5 Å². The summed E-state index contributed by atoms with van der Waals surface area (Å²) in [6, 6.07) is 13.6. The molecule has 0 saturated carbocycles. The molecule has 0 aliphatic heterocycles. The van der Waals surface area contributed by atoms with Crippen LogP contribution in [-0.4, -0.2) is 40.6 Å². The minimum Gasteiger partial charge on any atom is -0.388 e. The van der Waals surface area contributed by atoms with Crippen LogP contribution in [0, 0.1) is 5.92 Å². The second-order valence-electron chi connectivity index (χ2n) is 8.05. The molecule has 2 rings (SSSR count). The molecule has 0 bridgehead atoms. The Balaban J connectivity index is 2.48. The van der Waals surface area contributed by atoms with Crippen LogP contribution in [0.5, 0.6) is 0 Å². The minimum absolute atomic E-state index is 0.0875. The molecule has 4 heteroatoms. The first-order chi connectivity index (χ1) is 12.7. The Morgan fingerprint density at radius 2 is 1.67 bits per heavy atom. The van der Waals surface area contributed by atoms with Gasteiger partial charge < -0.3 is 10.0 Å². The van der Waals surface area contributed by atoms with E-state index in [-0.39, 0.29) is 23.9 Å². The van der Waals surface area contributed by atoms with Gasteiger partial charge in [-0.3, -0.25) is 10.1 Å². The van der Waals surface area contributed by atoms with Crippen molar-refractivity contribution in [1.82, 2.24) is 10.2 Å². The summed E-state index contributed by atoms with van der Waals surface area (Å²) in [5, 5.41) is 16.7. The summed E-state index contributed by atoms with van der Waals surface area (Å²) in [4.78, 5) is 14.9. The lowest BCUT2D eigenvalue weighted by Gasteiger charge is -2.37. The number of amides is 1. The molecule has 0 heterocycles. The van der Waals surface area contributed by atoms with E-state index in [1.807, 2.05) is 56.9 Å². The third-order valence-corrected chi connectivity index (χ3v) is 5.19. The minimum atomic E-state index is -1.03. The predicted octanol–water partition coefficient (Wildman–Crippen LogP) is 4.13. The van der Waals surface area contributed by atoms with Crippen LogP contribution in [0.4, 0.5) is 0 Å². The largest absolute Gasteiger partial charge is 0.388 e. The number of nitrogens with one attached hydrogen (secondary N) is 1. The molecule has 0 unspecified atom stereocenters. The summed E-state index contributed by atoms with van der Waals surface area (Å²) in [5.74, 6) is 0.197. The van der Waals surface area contributed by atoms with Gasteiger partial charge in [0.1, 0.15) is 0 Å². The quantitative estimate of drug-likeness (QED) is 0.734. The van der Waals surface area contributed by atoms with Crippen LogP contribution >= 0.6 is 0 Å². The highest BCUT2D eigenvalue weighted by Gasteiger charge is 2.35. The molecular formula is C23H34N2O2. The lowest BCUT2D eigenvalue weighted by atomic mass is 9.87. The Kier molecular flexibility index (Phi) is 7.01. The molecule has 1 amide bonds. The van der Waals surface area contributed by atoms with E-state index in [0.717, 1.165) is 16.3 Å². The zero-order valence-corrected chi connectivity index (χ0v) is 17.5. The van der Waals surface area contributed by atoms with Crippen LogP contribution in [0.2, 0.25) is 0 Å². The third kappa shape index (κ3) is 4.88. The maximum atomic E-state index is 13.1. The van der Waals surface area contributed by atoms with Crippen LogP contribution in [0.3, 0.4) is 0 Å². The Bertz CT molecular complexity index is 755. The fourth-order valence-corrected chi connectivity index (χ4v) is 3.64. The Morgan fingerprint density at radius 3 is 2.22 bits per heavy atom. The van der Waals surface area contributed by atoms with E-state index >= 15 is 0 Å². The molecule has 148 valence electrons. The molecule has 0 radical (unpaired) electrons. The van der Waals surface area contributed by atoms with Gasteiger partial charge in [-0.15, -0.1) is 0 Å². The summed E-state index contributed by atoms with van der Waals surface area (Å²) in [5.41, 5.74) is -0.0144. The molecule has 0 saturated heterocycles.